The van der Waals surface area contributed by atoms with E-state index in [2.05, 4.69) is 391 Å². The van der Waals surface area contributed by atoms with Gasteiger partial charge < -0.3 is 14.7 Å². The predicted octanol–water partition coefficient (Wildman–Crippen LogP) is 22.6. The van der Waals surface area contributed by atoms with E-state index in [9.17, 15) is 0 Å². The van der Waals surface area contributed by atoms with Crippen LogP contribution in [0, 0.1) is 0 Å². The number of nitrogens with zero attached hydrogens (tertiary/aromatic N) is 3. The molecule has 0 atom stereocenters. The van der Waals surface area contributed by atoms with E-state index in [-0.39, 0.29) is 6.71 Å². The summed E-state index contributed by atoms with van der Waals surface area (Å²) in [5.74, 6) is 0. The zero-order valence-electron chi connectivity index (χ0n) is 51.7. The van der Waals surface area contributed by atoms with Crippen LogP contribution in [0.15, 0.2) is 376 Å². The molecule has 2 aliphatic rings. The summed E-state index contributed by atoms with van der Waals surface area (Å²) in [6.07, 6.45) is 0. The van der Waals surface area contributed by atoms with Crippen LogP contribution in [0.4, 0.5) is 51.2 Å². The minimum Gasteiger partial charge on any atom is -0.310 e. The topological polar surface area (TPSA) is 9.72 Å². The van der Waals surface area contributed by atoms with E-state index in [0.29, 0.717) is 0 Å². The van der Waals surface area contributed by atoms with Gasteiger partial charge in [-0.3, -0.25) is 0 Å². The SMILES string of the molecule is c1ccc(-c2cccc(-c3cccc(-c4cccc(-c5ccccc5)c4)c3N3c4ccc(-c5ccccc5)cc4B4c5cc(-c6ccccc6)ccc5N(c5c(-c6ccccc6)cccc5-c5ccccc5)c5cc(N(c6ccccc6)c6ccccc6)cc3c54)c2)cc1. The first-order chi connectivity index (χ1) is 46.7. The molecule has 0 aromatic heterocycles. The average Bonchev–Trinajstić information content (AvgIpc) is 0.690. The second-order valence-electron chi connectivity index (χ2n) is 24.3. The van der Waals surface area contributed by atoms with Gasteiger partial charge in [-0.05, 0) is 144 Å². The number of para-hydroxylation sites is 4. The molecule has 0 aliphatic carbocycles. The first kappa shape index (κ1) is 55.8. The standard InChI is InChI=1S/C90H62BN3/c1-9-29-63(30-10-1)69-41-25-43-73(57-69)80-51-28-52-81(74-44-26-42-70(58-74)64-31-11-2-12-32-64)90(80)94-85-56-54-72(66-35-15-4-16-36-66)60-83(85)91-82-59-71(65-33-13-3-14-34-65)53-55-84(82)93(89-78(67-37-17-5-18-38-67)49-27-50-79(89)68-39-19-6-20-40-68)86-61-77(62-87(94)88(86)91)92(75-45-21-7-22-46-75)76-47-23-8-24-48-76/h1-62H. The Labute approximate surface area is 550 Å². The van der Waals surface area contributed by atoms with Crippen LogP contribution in [0.1, 0.15) is 0 Å². The van der Waals surface area contributed by atoms with Crippen LogP contribution < -0.4 is 31.1 Å². The summed E-state index contributed by atoms with van der Waals surface area (Å²) in [5.41, 5.74) is 31.6. The number of anilines is 9. The molecule has 15 aromatic rings. The molecule has 440 valence electrons. The first-order valence-electron chi connectivity index (χ1n) is 32.4. The summed E-state index contributed by atoms with van der Waals surface area (Å²) in [6.45, 7) is -0.256. The van der Waals surface area contributed by atoms with Crippen LogP contribution in [0.25, 0.3) is 89.0 Å². The van der Waals surface area contributed by atoms with Crippen LogP contribution in [-0.4, -0.2) is 6.71 Å². The summed E-state index contributed by atoms with van der Waals surface area (Å²) >= 11 is 0. The highest BCUT2D eigenvalue weighted by Gasteiger charge is 2.46. The third-order valence-electron chi connectivity index (χ3n) is 18.8. The average molecular weight is 1200 g/mol. The van der Waals surface area contributed by atoms with E-state index in [1.807, 2.05) is 0 Å². The summed E-state index contributed by atoms with van der Waals surface area (Å²) in [5, 5.41) is 0. The van der Waals surface area contributed by atoms with E-state index in [0.717, 1.165) is 124 Å². The van der Waals surface area contributed by atoms with Gasteiger partial charge in [-0.15, -0.1) is 0 Å². The number of hydrogen-bond acceptors (Lipinski definition) is 3. The Hall–Kier alpha value is -12.2. The van der Waals surface area contributed by atoms with Crippen molar-refractivity contribution in [2.45, 2.75) is 0 Å². The maximum absolute atomic E-state index is 2.66. The summed E-state index contributed by atoms with van der Waals surface area (Å²) < 4.78 is 0. The molecule has 15 aromatic carbocycles. The Morgan fingerprint density at radius 1 is 0.191 bits per heavy atom. The van der Waals surface area contributed by atoms with Gasteiger partial charge in [-0.1, -0.05) is 315 Å². The van der Waals surface area contributed by atoms with E-state index in [1.54, 1.807) is 0 Å². The highest BCUT2D eigenvalue weighted by atomic mass is 15.2. The minimum atomic E-state index is -0.256. The van der Waals surface area contributed by atoms with E-state index < -0.39 is 0 Å². The number of rotatable bonds is 13. The summed E-state index contributed by atoms with van der Waals surface area (Å²) in [6, 6.07) is 139. The van der Waals surface area contributed by atoms with Crippen LogP contribution in [-0.2, 0) is 0 Å². The Morgan fingerprint density at radius 2 is 0.468 bits per heavy atom. The van der Waals surface area contributed by atoms with Crippen molar-refractivity contribution in [3.63, 3.8) is 0 Å². The second-order valence-corrected chi connectivity index (χ2v) is 24.3. The van der Waals surface area contributed by atoms with Crippen molar-refractivity contribution in [3.8, 4) is 89.0 Å². The van der Waals surface area contributed by atoms with Gasteiger partial charge in [0.2, 0.25) is 0 Å². The molecule has 0 N–H and O–H groups in total. The van der Waals surface area contributed by atoms with Gasteiger partial charge in [0.15, 0.2) is 0 Å². The number of hydrogen-bond donors (Lipinski definition) is 0. The first-order valence-corrected chi connectivity index (χ1v) is 32.4. The monoisotopic (exact) mass is 1200 g/mol. The molecule has 0 spiro atoms. The van der Waals surface area contributed by atoms with Crippen molar-refractivity contribution < 1.29 is 0 Å². The molecule has 2 aliphatic heterocycles. The quantitative estimate of drug-likeness (QED) is 0.107. The van der Waals surface area contributed by atoms with E-state index >= 15 is 0 Å². The van der Waals surface area contributed by atoms with Crippen molar-refractivity contribution >= 4 is 74.3 Å². The Bertz CT molecular complexity index is 5040. The van der Waals surface area contributed by atoms with Crippen LogP contribution in [0.2, 0.25) is 0 Å². The fourth-order valence-corrected chi connectivity index (χ4v) is 14.6. The maximum Gasteiger partial charge on any atom is 0.252 e. The van der Waals surface area contributed by atoms with Crippen molar-refractivity contribution in [2.24, 2.45) is 0 Å². The zero-order valence-corrected chi connectivity index (χ0v) is 51.7. The molecule has 94 heavy (non-hydrogen) atoms. The molecule has 0 bridgehead atoms. The molecular weight excluding hydrogens is 1130 g/mol. The van der Waals surface area contributed by atoms with Gasteiger partial charge in [-0.25, -0.2) is 0 Å². The molecule has 0 fully saturated rings. The molecule has 0 unspecified atom stereocenters. The van der Waals surface area contributed by atoms with E-state index in [4.69, 9.17) is 0 Å². The lowest BCUT2D eigenvalue weighted by Crippen LogP contribution is -2.61. The van der Waals surface area contributed by atoms with Crippen LogP contribution in [0.5, 0.6) is 0 Å². The molecule has 0 saturated carbocycles. The van der Waals surface area contributed by atoms with Gasteiger partial charge in [-0.2, -0.15) is 0 Å². The molecule has 0 amide bonds. The molecular formula is C90H62BN3. The van der Waals surface area contributed by atoms with Gasteiger partial charge in [0, 0.05) is 56.4 Å². The summed E-state index contributed by atoms with van der Waals surface area (Å²) in [7, 11) is 0. The van der Waals surface area contributed by atoms with Gasteiger partial charge >= 0.3 is 0 Å². The fraction of sp³-hybridized carbons (Fsp3) is 0. The molecule has 17 rings (SSSR count). The van der Waals surface area contributed by atoms with Gasteiger partial charge in [0.25, 0.3) is 6.71 Å². The number of benzene rings is 15. The van der Waals surface area contributed by atoms with Gasteiger partial charge in [0.05, 0.1) is 17.1 Å². The zero-order chi connectivity index (χ0) is 62.3. The highest BCUT2D eigenvalue weighted by Crippen LogP contribution is 2.55. The summed E-state index contributed by atoms with van der Waals surface area (Å²) in [4.78, 5) is 7.76. The molecule has 2 heterocycles. The minimum absolute atomic E-state index is 0.256. The lowest BCUT2D eigenvalue weighted by molar-refractivity contribution is 1.23. The van der Waals surface area contributed by atoms with Gasteiger partial charge in [0.1, 0.15) is 0 Å². The highest BCUT2D eigenvalue weighted by molar-refractivity contribution is 7.00. The third-order valence-corrected chi connectivity index (χ3v) is 18.8. The smallest absolute Gasteiger partial charge is 0.252 e. The largest absolute Gasteiger partial charge is 0.310 e. The van der Waals surface area contributed by atoms with E-state index in [1.165, 1.54) is 33.1 Å². The molecule has 4 heteroatoms. The fourth-order valence-electron chi connectivity index (χ4n) is 14.6. The molecule has 0 radical (unpaired) electrons. The van der Waals surface area contributed by atoms with Crippen molar-refractivity contribution in [1.29, 1.82) is 0 Å². The van der Waals surface area contributed by atoms with Crippen molar-refractivity contribution in [2.75, 3.05) is 14.7 Å². The lowest BCUT2D eigenvalue weighted by Gasteiger charge is -2.46. The predicted molar refractivity (Wildman–Crippen MR) is 399 cm³/mol. The Morgan fingerprint density at radius 3 is 0.819 bits per heavy atom. The molecule has 0 saturated heterocycles. The van der Waals surface area contributed by atoms with Crippen LogP contribution >= 0.6 is 0 Å². The van der Waals surface area contributed by atoms with Crippen molar-refractivity contribution in [1.82, 2.24) is 0 Å². The van der Waals surface area contributed by atoms with Crippen LogP contribution in [0.3, 0.4) is 0 Å². The third kappa shape index (κ3) is 10.1. The Balaban J connectivity index is 1.06. The molecule has 3 nitrogen and oxygen atoms in total. The lowest BCUT2D eigenvalue weighted by atomic mass is 9.33. The number of fused-ring (bicyclic) bond motifs is 4. The second kappa shape index (κ2) is 24.2. The maximum atomic E-state index is 2.66. The normalized spacial score (nSPS) is 12.0. The van der Waals surface area contributed by atoms with Crippen molar-refractivity contribution in [3.05, 3.63) is 376 Å². The Kier molecular flexibility index (Phi) is 14.4.